The number of hydrogen-bond donors (Lipinski definition) is 0. The molecule has 0 radical (unpaired) electrons. The smallest absolute Gasteiger partial charge is 0.409 e. The Hall–Kier alpha value is -1.91. The van der Waals surface area contributed by atoms with E-state index in [0.29, 0.717) is 32.5 Å². The highest BCUT2D eigenvalue weighted by molar-refractivity contribution is 5.67. The lowest BCUT2D eigenvalue weighted by molar-refractivity contribution is -0.115. The summed E-state index contributed by atoms with van der Waals surface area (Å²) in [4.78, 5) is 13.3. The number of para-hydroxylation sites is 2. The summed E-state index contributed by atoms with van der Waals surface area (Å²) in [6.07, 6.45) is 1.05. The van der Waals surface area contributed by atoms with E-state index in [4.69, 9.17) is 14.2 Å². The molecule has 1 aromatic carbocycles. The SMILES string of the molecule is CCOC(=O)N1CCC2(CC1)Oc1ccccc1O2. The van der Waals surface area contributed by atoms with Crippen molar-refractivity contribution < 1.29 is 19.0 Å². The van der Waals surface area contributed by atoms with Gasteiger partial charge in [-0.2, -0.15) is 0 Å². The normalized spacial score (nSPS) is 19.5. The van der Waals surface area contributed by atoms with Crippen LogP contribution in [0.3, 0.4) is 0 Å². The molecule has 2 heterocycles. The summed E-state index contributed by atoms with van der Waals surface area (Å²) in [7, 11) is 0. The molecule has 0 saturated carbocycles. The summed E-state index contributed by atoms with van der Waals surface area (Å²) in [5, 5.41) is 0. The predicted octanol–water partition coefficient (Wildman–Crippen LogP) is 2.41. The third-order valence-corrected chi connectivity index (χ3v) is 3.49. The van der Waals surface area contributed by atoms with E-state index in [1.807, 2.05) is 31.2 Å². The Bertz CT molecular complexity index is 453. The predicted molar refractivity (Wildman–Crippen MR) is 68.3 cm³/mol. The Morgan fingerprint density at radius 2 is 1.84 bits per heavy atom. The molecule has 102 valence electrons. The van der Waals surface area contributed by atoms with Crippen molar-refractivity contribution in [1.29, 1.82) is 0 Å². The van der Waals surface area contributed by atoms with Crippen LogP contribution in [0.25, 0.3) is 0 Å². The van der Waals surface area contributed by atoms with Gasteiger partial charge in [0.15, 0.2) is 11.5 Å². The molecule has 0 unspecified atom stereocenters. The third kappa shape index (κ3) is 2.20. The molecule has 2 aliphatic rings. The fourth-order valence-corrected chi connectivity index (χ4v) is 2.49. The molecular weight excluding hydrogens is 246 g/mol. The summed E-state index contributed by atoms with van der Waals surface area (Å²) in [5.41, 5.74) is 0. The second-order valence-corrected chi connectivity index (χ2v) is 4.75. The minimum absolute atomic E-state index is 0.257. The number of nitrogens with zero attached hydrogens (tertiary/aromatic N) is 1. The molecule has 19 heavy (non-hydrogen) atoms. The van der Waals surface area contributed by atoms with E-state index < -0.39 is 5.79 Å². The largest absolute Gasteiger partial charge is 0.450 e. The quantitative estimate of drug-likeness (QED) is 0.780. The maximum Gasteiger partial charge on any atom is 0.409 e. The van der Waals surface area contributed by atoms with Gasteiger partial charge in [0, 0.05) is 25.9 Å². The second-order valence-electron chi connectivity index (χ2n) is 4.75. The van der Waals surface area contributed by atoms with Gasteiger partial charge in [-0.3, -0.25) is 0 Å². The van der Waals surface area contributed by atoms with E-state index >= 15 is 0 Å². The third-order valence-electron chi connectivity index (χ3n) is 3.49. The van der Waals surface area contributed by atoms with Crippen molar-refractivity contribution in [2.75, 3.05) is 19.7 Å². The second kappa shape index (κ2) is 4.64. The van der Waals surface area contributed by atoms with Crippen LogP contribution >= 0.6 is 0 Å². The lowest BCUT2D eigenvalue weighted by Gasteiger charge is -2.36. The molecule has 1 amide bonds. The van der Waals surface area contributed by atoms with E-state index in [9.17, 15) is 4.79 Å². The van der Waals surface area contributed by atoms with Gasteiger partial charge < -0.3 is 19.1 Å². The summed E-state index contributed by atoms with van der Waals surface area (Å²) < 4.78 is 16.8. The van der Waals surface area contributed by atoms with Gasteiger partial charge in [0.25, 0.3) is 5.79 Å². The summed E-state index contributed by atoms with van der Waals surface area (Å²) >= 11 is 0. The van der Waals surface area contributed by atoms with Crippen LogP contribution in [-0.2, 0) is 4.74 Å². The highest BCUT2D eigenvalue weighted by Gasteiger charge is 2.45. The minimum Gasteiger partial charge on any atom is -0.450 e. The Morgan fingerprint density at radius 1 is 1.26 bits per heavy atom. The van der Waals surface area contributed by atoms with Gasteiger partial charge in [0.2, 0.25) is 0 Å². The summed E-state index contributed by atoms with van der Waals surface area (Å²) in [5.74, 6) is 0.964. The van der Waals surface area contributed by atoms with Gasteiger partial charge in [-0.1, -0.05) is 12.1 Å². The molecule has 0 N–H and O–H groups in total. The molecule has 1 spiro atoms. The number of benzene rings is 1. The van der Waals surface area contributed by atoms with Crippen molar-refractivity contribution in [3.63, 3.8) is 0 Å². The molecule has 0 aliphatic carbocycles. The maximum absolute atomic E-state index is 11.6. The van der Waals surface area contributed by atoms with Gasteiger partial charge in [0.05, 0.1) is 6.61 Å². The van der Waals surface area contributed by atoms with E-state index in [0.717, 1.165) is 11.5 Å². The number of fused-ring (bicyclic) bond motifs is 1. The first-order valence-electron chi connectivity index (χ1n) is 6.61. The molecule has 1 saturated heterocycles. The van der Waals surface area contributed by atoms with Crippen LogP contribution in [0.15, 0.2) is 24.3 Å². The first kappa shape index (κ1) is 12.1. The van der Waals surface area contributed by atoms with Gasteiger partial charge in [-0.15, -0.1) is 0 Å². The number of carbonyl (C=O) groups is 1. The minimum atomic E-state index is -0.604. The lowest BCUT2D eigenvalue weighted by Crippen LogP contribution is -2.51. The van der Waals surface area contributed by atoms with Crippen molar-refractivity contribution in [1.82, 2.24) is 4.90 Å². The van der Waals surface area contributed by atoms with E-state index in [1.165, 1.54) is 0 Å². The number of ether oxygens (including phenoxy) is 3. The van der Waals surface area contributed by atoms with Crippen molar-refractivity contribution in [3.8, 4) is 11.5 Å². The molecule has 5 nitrogen and oxygen atoms in total. The Kier molecular flexibility index (Phi) is 2.97. The highest BCUT2D eigenvalue weighted by atomic mass is 16.7. The van der Waals surface area contributed by atoms with Crippen molar-refractivity contribution in [2.24, 2.45) is 0 Å². The van der Waals surface area contributed by atoms with Crippen molar-refractivity contribution in [3.05, 3.63) is 24.3 Å². The van der Waals surface area contributed by atoms with E-state index in [2.05, 4.69) is 0 Å². The monoisotopic (exact) mass is 263 g/mol. The van der Waals surface area contributed by atoms with Crippen molar-refractivity contribution in [2.45, 2.75) is 25.6 Å². The number of likely N-dealkylation sites (tertiary alicyclic amines) is 1. The first-order valence-corrected chi connectivity index (χ1v) is 6.61. The average Bonchev–Trinajstić information content (AvgIpc) is 2.77. The van der Waals surface area contributed by atoms with Gasteiger partial charge in [-0.05, 0) is 19.1 Å². The lowest BCUT2D eigenvalue weighted by atomic mass is 10.0. The Morgan fingerprint density at radius 3 is 2.37 bits per heavy atom. The average molecular weight is 263 g/mol. The number of hydrogen-bond acceptors (Lipinski definition) is 4. The van der Waals surface area contributed by atoms with Gasteiger partial charge in [0.1, 0.15) is 0 Å². The molecule has 0 aromatic heterocycles. The molecule has 1 aromatic rings. The number of amides is 1. The Balaban J connectivity index is 1.64. The summed E-state index contributed by atoms with van der Waals surface area (Å²) in [6.45, 7) is 3.39. The maximum atomic E-state index is 11.6. The highest BCUT2D eigenvalue weighted by Crippen LogP contribution is 2.43. The van der Waals surface area contributed by atoms with Crippen LogP contribution in [0.5, 0.6) is 11.5 Å². The first-order chi connectivity index (χ1) is 9.22. The molecule has 1 fully saturated rings. The molecule has 2 aliphatic heterocycles. The zero-order valence-electron chi connectivity index (χ0n) is 10.9. The zero-order chi connectivity index (χ0) is 13.3. The van der Waals surface area contributed by atoms with Gasteiger partial charge in [-0.25, -0.2) is 4.79 Å². The molecule has 5 heteroatoms. The molecule has 3 rings (SSSR count). The van der Waals surface area contributed by atoms with Crippen LogP contribution in [0, 0.1) is 0 Å². The molecular formula is C14H17NO4. The number of rotatable bonds is 1. The number of piperidine rings is 1. The fourth-order valence-electron chi connectivity index (χ4n) is 2.49. The van der Waals surface area contributed by atoms with Crippen LogP contribution in [0.4, 0.5) is 4.79 Å². The standard InChI is InChI=1S/C14H17NO4/c1-2-17-13(16)15-9-7-14(8-10-15)18-11-5-3-4-6-12(11)19-14/h3-6H,2,7-10H2,1H3. The Labute approximate surface area is 112 Å². The van der Waals surface area contributed by atoms with Gasteiger partial charge >= 0.3 is 6.09 Å². The van der Waals surface area contributed by atoms with E-state index in [-0.39, 0.29) is 6.09 Å². The van der Waals surface area contributed by atoms with Crippen LogP contribution in [-0.4, -0.2) is 36.5 Å². The fraction of sp³-hybridized carbons (Fsp3) is 0.500. The van der Waals surface area contributed by atoms with Crippen LogP contribution in [0.2, 0.25) is 0 Å². The van der Waals surface area contributed by atoms with Crippen molar-refractivity contribution >= 4 is 6.09 Å². The summed E-state index contributed by atoms with van der Waals surface area (Å²) in [6, 6.07) is 7.66. The zero-order valence-corrected chi connectivity index (χ0v) is 10.9. The number of carbonyl (C=O) groups excluding carboxylic acids is 1. The topological polar surface area (TPSA) is 48.0 Å². The van der Waals surface area contributed by atoms with Crippen LogP contribution < -0.4 is 9.47 Å². The van der Waals surface area contributed by atoms with Crippen LogP contribution in [0.1, 0.15) is 19.8 Å². The molecule has 0 atom stereocenters. The van der Waals surface area contributed by atoms with E-state index in [1.54, 1.807) is 4.90 Å². The molecule has 0 bridgehead atoms.